The molecule has 0 radical (unpaired) electrons. The number of rotatable bonds is 5. The monoisotopic (exact) mass is 217 g/mol. The predicted octanol–water partition coefficient (Wildman–Crippen LogP) is 2.60. The van der Waals surface area contributed by atoms with Crippen molar-refractivity contribution in [3.63, 3.8) is 0 Å². The minimum atomic E-state index is -0.915. The van der Waals surface area contributed by atoms with Crippen molar-refractivity contribution in [3.8, 4) is 12.3 Å². The first-order valence-corrected chi connectivity index (χ1v) is 5.20. The standard InChI is InChI=1S/C13H15NO2/c1-3-5-11(4-2)14-12-8-6-10(7-9-12)13(15)16/h1,6-9,11,14H,4-5H2,2H3,(H,15,16). The van der Waals surface area contributed by atoms with Crippen LogP contribution in [-0.2, 0) is 0 Å². The van der Waals surface area contributed by atoms with Crippen LogP contribution >= 0.6 is 0 Å². The molecule has 0 aliphatic heterocycles. The second-order valence-electron chi connectivity index (χ2n) is 3.54. The summed E-state index contributed by atoms with van der Waals surface area (Å²) < 4.78 is 0. The van der Waals surface area contributed by atoms with Crippen molar-refractivity contribution >= 4 is 11.7 Å². The van der Waals surface area contributed by atoms with Gasteiger partial charge in [-0.2, -0.15) is 0 Å². The van der Waals surface area contributed by atoms with E-state index < -0.39 is 5.97 Å². The smallest absolute Gasteiger partial charge is 0.335 e. The highest BCUT2D eigenvalue weighted by atomic mass is 16.4. The number of hydrogen-bond donors (Lipinski definition) is 2. The van der Waals surface area contributed by atoms with Crippen LogP contribution in [0.3, 0.4) is 0 Å². The largest absolute Gasteiger partial charge is 0.478 e. The molecule has 0 spiro atoms. The first-order valence-electron chi connectivity index (χ1n) is 5.20. The van der Waals surface area contributed by atoms with E-state index in [-0.39, 0.29) is 11.6 Å². The molecular weight excluding hydrogens is 202 g/mol. The molecule has 3 nitrogen and oxygen atoms in total. The summed E-state index contributed by atoms with van der Waals surface area (Å²) in [6, 6.07) is 6.90. The average Bonchev–Trinajstić information content (AvgIpc) is 2.29. The van der Waals surface area contributed by atoms with Gasteiger partial charge in [0.2, 0.25) is 0 Å². The van der Waals surface area contributed by atoms with Crippen LogP contribution in [0.1, 0.15) is 30.1 Å². The molecule has 1 aromatic carbocycles. The Kier molecular flexibility index (Phi) is 4.41. The van der Waals surface area contributed by atoms with Gasteiger partial charge >= 0.3 is 5.97 Å². The minimum Gasteiger partial charge on any atom is -0.478 e. The Balaban J connectivity index is 2.68. The topological polar surface area (TPSA) is 49.3 Å². The van der Waals surface area contributed by atoms with E-state index in [4.69, 9.17) is 11.5 Å². The van der Waals surface area contributed by atoms with Crippen LogP contribution in [0, 0.1) is 12.3 Å². The Morgan fingerprint density at radius 1 is 1.50 bits per heavy atom. The van der Waals surface area contributed by atoms with E-state index in [1.54, 1.807) is 24.3 Å². The molecule has 0 aliphatic rings. The Bertz CT molecular complexity index is 389. The van der Waals surface area contributed by atoms with Crippen molar-refractivity contribution < 1.29 is 9.90 Å². The molecule has 0 aromatic heterocycles. The zero-order chi connectivity index (χ0) is 12.0. The van der Waals surface area contributed by atoms with Gasteiger partial charge in [-0.25, -0.2) is 4.79 Å². The van der Waals surface area contributed by atoms with Gasteiger partial charge in [0, 0.05) is 18.2 Å². The highest BCUT2D eigenvalue weighted by Gasteiger charge is 2.05. The molecule has 0 bridgehead atoms. The summed E-state index contributed by atoms with van der Waals surface area (Å²) in [5, 5.41) is 12.0. The predicted molar refractivity (Wildman–Crippen MR) is 64.6 cm³/mol. The third-order valence-electron chi connectivity index (χ3n) is 2.36. The molecule has 0 saturated carbocycles. The SMILES string of the molecule is C#CCC(CC)Nc1ccc(C(=O)O)cc1. The molecule has 1 rings (SSSR count). The number of nitrogens with one attached hydrogen (secondary N) is 1. The van der Waals surface area contributed by atoms with Crippen molar-refractivity contribution in [2.45, 2.75) is 25.8 Å². The lowest BCUT2D eigenvalue weighted by Gasteiger charge is -2.15. The van der Waals surface area contributed by atoms with Crippen LogP contribution in [-0.4, -0.2) is 17.1 Å². The van der Waals surface area contributed by atoms with E-state index >= 15 is 0 Å². The van der Waals surface area contributed by atoms with Crippen molar-refractivity contribution in [2.75, 3.05) is 5.32 Å². The first kappa shape index (κ1) is 12.1. The van der Waals surface area contributed by atoms with Crippen molar-refractivity contribution in [2.24, 2.45) is 0 Å². The van der Waals surface area contributed by atoms with Gasteiger partial charge in [-0.1, -0.05) is 6.92 Å². The van der Waals surface area contributed by atoms with Crippen molar-refractivity contribution in [1.82, 2.24) is 0 Å². The number of anilines is 1. The second-order valence-corrected chi connectivity index (χ2v) is 3.54. The number of terminal acetylenes is 1. The van der Waals surface area contributed by atoms with Gasteiger partial charge in [-0.15, -0.1) is 12.3 Å². The summed E-state index contributed by atoms with van der Waals surface area (Å²) in [6.07, 6.45) is 6.85. The van der Waals surface area contributed by atoms with Gasteiger partial charge in [0.15, 0.2) is 0 Å². The summed E-state index contributed by atoms with van der Waals surface area (Å²) in [7, 11) is 0. The number of carboxylic acid groups (broad SMARTS) is 1. The Labute approximate surface area is 95.5 Å². The first-order chi connectivity index (χ1) is 7.67. The van der Waals surface area contributed by atoms with E-state index in [1.807, 2.05) is 0 Å². The molecule has 0 fully saturated rings. The van der Waals surface area contributed by atoms with Gasteiger partial charge < -0.3 is 10.4 Å². The van der Waals surface area contributed by atoms with Gasteiger partial charge in [0.05, 0.1) is 5.56 Å². The Morgan fingerprint density at radius 2 is 2.12 bits per heavy atom. The quantitative estimate of drug-likeness (QED) is 0.745. The lowest BCUT2D eigenvalue weighted by atomic mass is 10.1. The molecule has 3 heteroatoms. The van der Waals surface area contributed by atoms with Crippen molar-refractivity contribution in [1.29, 1.82) is 0 Å². The maximum absolute atomic E-state index is 10.6. The maximum atomic E-state index is 10.6. The summed E-state index contributed by atoms with van der Waals surface area (Å²) in [6.45, 7) is 2.06. The van der Waals surface area contributed by atoms with Crippen LogP contribution < -0.4 is 5.32 Å². The molecule has 0 heterocycles. The number of carboxylic acids is 1. The third-order valence-corrected chi connectivity index (χ3v) is 2.36. The molecule has 0 amide bonds. The Morgan fingerprint density at radius 3 is 2.56 bits per heavy atom. The minimum absolute atomic E-state index is 0.237. The van der Waals surface area contributed by atoms with Crippen LogP contribution in [0.2, 0.25) is 0 Å². The summed E-state index contributed by atoms with van der Waals surface area (Å²) in [5.74, 6) is 1.70. The molecule has 84 valence electrons. The average molecular weight is 217 g/mol. The molecule has 1 aromatic rings. The highest BCUT2D eigenvalue weighted by Crippen LogP contribution is 2.13. The van der Waals surface area contributed by atoms with Gasteiger partial charge in [-0.3, -0.25) is 0 Å². The van der Waals surface area contributed by atoms with E-state index in [2.05, 4.69) is 18.2 Å². The third kappa shape index (κ3) is 3.32. The molecule has 2 N–H and O–H groups in total. The van der Waals surface area contributed by atoms with E-state index in [1.165, 1.54) is 0 Å². The zero-order valence-electron chi connectivity index (χ0n) is 9.23. The molecule has 1 atom stereocenters. The van der Waals surface area contributed by atoms with E-state index in [0.29, 0.717) is 6.42 Å². The second kappa shape index (κ2) is 5.82. The fourth-order valence-corrected chi connectivity index (χ4v) is 1.38. The fourth-order valence-electron chi connectivity index (χ4n) is 1.38. The van der Waals surface area contributed by atoms with Crippen LogP contribution in [0.15, 0.2) is 24.3 Å². The lowest BCUT2D eigenvalue weighted by Crippen LogP contribution is -2.17. The summed E-state index contributed by atoms with van der Waals surface area (Å²) >= 11 is 0. The van der Waals surface area contributed by atoms with Crippen LogP contribution in [0.4, 0.5) is 5.69 Å². The maximum Gasteiger partial charge on any atom is 0.335 e. The van der Waals surface area contributed by atoms with Crippen molar-refractivity contribution in [3.05, 3.63) is 29.8 Å². The van der Waals surface area contributed by atoms with Crippen LogP contribution in [0.5, 0.6) is 0 Å². The number of aromatic carboxylic acids is 1. The molecule has 16 heavy (non-hydrogen) atoms. The fraction of sp³-hybridized carbons (Fsp3) is 0.308. The number of hydrogen-bond acceptors (Lipinski definition) is 2. The van der Waals surface area contributed by atoms with Gasteiger partial charge in [0.25, 0.3) is 0 Å². The van der Waals surface area contributed by atoms with E-state index in [0.717, 1.165) is 12.1 Å². The molecule has 1 unspecified atom stereocenters. The normalized spacial score (nSPS) is 11.5. The summed E-state index contributed by atoms with van der Waals surface area (Å²) in [4.78, 5) is 10.6. The molecular formula is C13H15NO2. The number of benzene rings is 1. The number of carbonyl (C=O) groups is 1. The van der Waals surface area contributed by atoms with Gasteiger partial charge in [0.1, 0.15) is 0 Å². The lowest BCUT2D eigenvalue weighted by molar-refractivity contribution is 0.0697. The summed E-state index contributed by atoms with van der Waals surface area (Å²) in [5.41, 5.74) is 1.18. The van der Waals surface area contributed by atoms with Crippen LogP contribution in [0.25, 0.3) is 0 Å². The van der Waals surface area contributed by atoms with E-state index in [9.17, 15) is 4.79 Å². The molecule has 0 saturated heterocycles. The van der Waals surface area contributed by atoms with Gasteiger partial charge in [-0.05, 0) is 30.7 Å². The molecule has 0 aliphatic carbocycles. The Hall–Kier alpha value is -1.95. The highest BCUT2D eigenvalue weighted by molar-refractivity contribution is 5.87. The zero-order valence-corrected chi connectivity index (χ0v) is 9.23.